The van der Waals surface area contributed by atoms with Gasteiger partial charge in [0, 0.05) is 46.2 Å². The fraction of sp³-hybridized carbons (Fsp3) is 0.136. The van der Waals surface area contributed by atoms with Gasteiger partial charge in [0.05, 0.1) is 16.6 Å². The molecule has 9 aromatic rings. The van der Waals surface area contributed by atoms with Crippen LogP contribution in [0.1, 0.15) is 50.7 Å². The first-order valence-corrected chi connectivity index (χ1v) is 17.0. The molecule has 0 unspecified atom stereocenters. The van der Waals surface area contributed by atoms with E-state index in [2.05, 4.69) is 145 Å². The van der Waals surface area contributed by atoms with Crippen LogP contribution in [0.5, 0.6) is 11.5 Å². The third-order valence-electron chi connectivity index (χ3n) is 9.84. The highest BCUT2D eigenvalue weighted by molar-refractivity contribution is 6.13. The average Bonchev–Trinajstić information content (AvgIpc) is 3.75. The Kier molecular flexibility index (Phi) is 6.76. The lowest BCUT2D eigenvalue weighted by molar-refractivity contribution is 0.484. The number of pyridine rings is 2. The summed E-state index contributed by atoms with van der Waals surface area (Å²) in [6, 6.07) is 40.8. The fourth-order valence-electron chi connectivity index (χ4n) is 7.59. The Morgan fingerprint density at radius 3 is 2.04 bits per heavy atom. The largest absolute Gasteiger partial charge is 0.457 e. The number of rotatable bonds is 6. The van der Waals surface area contributed by atoms with Gasteiger partial charge in [0.25, 0.3) is 0 Å². The predicted octanol–water partition coefficient (Wildman–Crippen LogP) is 11.8. The van der Waals surface area contributed by atoms with Crippen LogP contribution in [0.4, 0.5) is 0 Å². The number of fused-ring (bicyclic) bond motifs is 9. The van der Waals surface area contributed by atoms with Gasteiger partial charge in [-0.3, -0.25) is 8.97 Å². The van der Waals surface area contributed by atoms with Crippen LogP contribution in [0.15, 0.2) is 134 Å². The topological polar surface area (TPSA) is 44.3 Å². The molecule has 0 aliphatic carbocycles. The van der Waals surface area contributed by atoms with E-state index in [-0.39, 0.29) is 0 Å². The molecule has 0 atom stereocenters. The monoisotopic (exact) mass is 636 g/mol. The smallest absolute Gasteiger partial charge is 0.145 e. The maximum absolute atomic E-state index is 6.63. The van der Waals surface area contributed by atoms with Crippen molar-refractivity contribution < 1.29 is 4.74 Å². The molecule has 0 N–H and O–H groups in total. The third kappa shape index (κ3) is 4.68. The number of imidazole rings is 1. The Labute approximate surface area is 285 Å². The van der Waals surface area contributed by atoms with Gasteiger partial charge in [-0.2, -0.15) is 0 Å². The summed E-state index contributed by atoms with van der Waals surface area (Å²) < 4.78 is 11.0. The van der Waals surface area contributed by atoms with Crippen molar-refractivity contribution in [2.45, 2.75) is 39.5 Å². The Hall–Kier alpha value is -5.94. The number of para-hydroxylation sites is 1. The Morgan fingerprint density at radius 2 is 1.27 bits per heavy atom. The summed E-state index contributed by atoms with van der Waals surface area (Å²) in [4.78, 5) is 9.49. The van der Waals surface area contributed by atoms with Gasteiger partial charge in [-0.15, -0.1) is 0 Å². The lowest BCUT2D eigenvalue weighted by Gasteiger charge is -2.21. The van der Waals surface area contributed by atoms with Gasteiger partial charge in [0.1, 0.15) is 23.0 Å². The minimum absolute atomic E-state index is 0.418. The third-order valence-corrected chi connectivity index (χ3v) is 9.84. The van der Waals surface area contributed by atoms with E-state index >= 15 is 0 Å². The lowest BCUT2D eigenvalue weighted by Crippen LogP contribution is -2.00. The molecule has 0 spiro atoms. The van der Waals surface area contributed by atoms with Crippen molar-refractivity contribution in [1.82, 2.24) is 18.9 Å². The van der Waals surface area contributed by atoms with Crippen LogP contribution in [0.2, 0.25) is 0 Å². The Morgan fingerprint density at radius 1 is 0.531 bits per heavy atom. The number of benzene rings is 5. The SMILES string of the molecule is CC(C)c1cccc(C(C)C)c1-c1ccc2c(c1)c1ccc(Oc3ccc4c5ccccc5n(-c5ccccn5)c4c3)cc1c1nccn21. The summed E-state index contributed by atoms with van der Waals surface area (Å²) >= 11 is 0. The molecule has 0 aliphatic heterocycles. The summed E-state index contributed by atoms with van der Waals surface area (Å²) in [5, 5.41) is 5.75. The van der Waals surface area contributed by atoms with E-state index in [4.69, 9.17) is 9.72 Å². The summed E-state index contributed by atoms with van der Waals surface area (Å²) in [5.74, 6) is 3.24. The van der Waals surface area contributed by atoms with Crippen LogP contribution < -0.4 is 4.74 Å². The predicted molar refractivity (Wildman–Crippen MR) is 202 cm³/mol. The molecule has 0 saturated heterocycles. The molecule has 238 valence electrons. The van der Waals surface area contributed by atoms with E-state index in [1.54, 1.807) is 0 Å². The Bertz CT molecular complexity index is 2670. The Balaban J connectivity index is 1.19. The number of hydrogen-bond acceptors (Lipinski definition) is 3. The molecular formula is C44H36N4O. The fourth-order valence-corrected chi connectivity index (χ4v) is 7.59. The highest BCUT2D eigenvalue weighted by Gasteiger charge is 2.19. The van der Waals surface area contributed by atoms with Crippen molar-refractivity contribution in [3.63, 3.8) is 0 Å². The molecule has 4 aromatic heterocycles. The second-order valence-corrected chi connectivity index (χ2v) is 13.5. The van der Waals surface area contributed by atoms with E-state index in [0.29, 0.717) is 11.8 Å². The van der Waals surface area contributed by atoms with Crippen LogP contribution in [-0.4, -0.2) is 18.9 Å². The van der Waals surface area contributed by atoms with E-state index in [0.717, 1.165) is 55.7 Å². The first-order valence-electron chi connectivity index (χ1n) is 17.0. The van der Waals surface area contributed by atoms with Crippen LogP contribution in [-0.2, 0) is 0 Å². The maximum atomic E-state index is 6.63. The van der Waals surface area contributed by atoms with Gasteiger partial charge < -0.3 is 4.74 Å². The first-order chi connectivity index (χ1) is 24.0. The van der Waals surface area contributed by atoms with Crippen LogP contribution in [0.3, 0.4) is 0 Å². The minimum atomic E-state index is 0.418. The molecule has 49 heavy (non-hydrogen) atoms. The molecule has 0 fully saturated rings. The van der Waals surface area contributed by atoms with E-state index < -0.39 is 0 Å². The molecule has 5 aromatic carbocycles. The standard InChI is InChI=1S/C44H36N4O/c1-27(2)32-11-9-12-33(28(3)4)43(32)29-15-20-39-37(24-29)34-18-16-30(25-38(34)44-46-22-23-47(39)44)49-31-17-19-36-35-10-5-6-13-40(35)48(41(36)26-31)42-14-7-8-21-45-42/h5-28H,1-4H3. The van der Waals surface area contributed by atoms with Gasteiger partial charge in [-0.25, -0.2) is 9.97 Å². The maximum Gasteiger partial charge on any atom is 0.145 e. The second-order valence-electron chi connectivity index (χ2n) is 13.5. The molecular weight excluding hydrogens is 601 g/mol. The molecule has 4 heterocycles. The van der Waals surface area contributed by atoms with Gasteiger partial charge in [-0.1, -0.05) is 76.2 Å². The van der Waals surface area contributed by atoms with E-state index in [1.807, 2.05) is 30.6 Å². The molecule has 0 bridgehead atoms. The van der Waals surface area contributed by atoms with Gasteiger partial charge in [0.15, 0.2) is 0 Å². The summed E-state index contributed by atoms with van der Waals surface area (Å²) in [6.45, 7) is 9.13. The van der Waals surface area contributed by atoms with Gasteiger partial charge in [-0.05, 0) is 100 Å². The highest BCUT2D eigenvalue weighted by atomic mass is 16.5. The van der Waals surface area contributed by atoms with Crippen LogP contribution >= 0.6 is 0 Å². The lowest BCUT2D eigenvalue weighted by atomic mass is 9.84. The van der Waals surface area contributed by atoms with Crippen molar-refractivity contribution in [1.29, 1.82) is 0 Å². The van der Waals surface area contributed by atoms with Gasteiger partial charge >= 0.3 is 0 Å². The summed E-state index contributed by atoms with van der Waals surface area (Å²) in [6.07, 6.45) is 5.77. The van der Waals surface area contributed by atoms with Gasteiger partial charge in [0.2, 0.25) is 0 Å². The molecule has 0 radical (unpaired) electrons. The van der Waals surface area contributed by atoms with Crippen molar-refractivity contribution in [3.8, 4) is 28.4 Å². The summed E-state index contributed by atoms with van der Waals surface area (Å²) in [7, 11) is 0. The minimum Gasteiger partial charge on any atom is -0.457 e. The van der Waals surface area contributed by atoms with Crippen molar-refractivity contribution in [3.05, 3.63) is 145 Å². The number of nitrogens with zero attached hydrogens (tertiary/aromatic N) is 4. The molecule has 0 saturated carbocycles. The van der Waals surface area contributed by atoms with Crippen LogP contribution in [0.25, 0.3) is 66.1 Å². The van der Waals surface area contributed by atoms with Crippen LogP contribution in [0, 0.1) is 0 Å². The average molecular weight is 637 g/mol. The zero-order chi connectivity index (χ0) is 33.2. The zero-order valence-corrected chi connectivity index (χ0v) is 28.1. The molecule has 5 nitrogen and oxygen atoms in total. The van der Waals surface area contributed by atoms with Crippen molar-refractivity contribution >= 4 is 49.1 Å². The van der Waals surface area contributed by atoms with E-state index in [9.17, 15) is 0 Å². The quantitative estimate of drug-likeness (QED) is 0.171. The molecule has 5 heteroatoms. The number of aromatic nitrogens is 4. The van der Waals surface area contributed by atoms with Crippen molar-refractivity contribution in [2.24, 2.45) is 0 Å². The number of ether oxygens (including phenoxy) is 1. The van der Waals surface area contributed by atoms with E-state index in [1.165, 1.54) is 33.0 Å². The number of hydrogen-bond donors (Lipinski definition) is 0. The molecule has 0 amide bonds. The normalized spacial score (nSPS) is 12.0. The van der Waals surface area contributed by atoms with Crippen molar-refractivity contribution in [2.75, 3.05) is 0 Å². The highest BCUT2D eigenvalue weighted by Crippen LogP contribution is 2.40. The summed E-state index contributed by atoms with van der Waals surface area (Å²) in [5.41, 5.74) is 9.58. The molecule has 0 aliphatic rings. The zero-order valence-electron chi connectivity index (χ0n) is 28.1. The molecule has 9 rings (SSSR count). The first kappa shape index (κ1) is 29.2. The second kappa shape index (κ2) is 11.3.